The molecule has 0 aromatic rings. The second kappa shape index (κ2) is 4.66. The van der Waals surface area contributed by atoms with Crippen molar-refractivity contribution in [2.24, 2.45) is 11.3 Å². The second-order valence-electron chi connectivity index (χ2n) is 6.82. The van der Waals surface area contributed by atoms with Gasteiger partial charge in [0.2, 0.25) is 5.79 Å². The normalized spacial score (nSPS) is 46.3. The van der Waals surface area contributed by atoms with Gasteiger partial charge in [-0.25, -0.2) is 4.79 Å². The minimum absolute atomic E-state index is 0.190. The van der Waals surface area contributed by atoms with Crippen molar-refractivity contribution < 1.29 is 24.5 Å². The first-order valence-corrected chi connectivity index (χ1v) is 7.38. The Morgan fingerprint density at radius 2 is 2.24 bits per heavy atom. The predicted octanol–water partition coefficient (Wildman–Crippen LogP) is 1.30. The molecule has 5 heteroatoms. The number of carbonyl (C=O) groups excluding carboxylic acids is 1. The van der Waals surface area contributed by atoms with Crippen molar-refractivity contribution in [3.05, 3.63) is 23.8 Å². The minimum Gasteiger partial charge on any atom is -0.429 e. The molecule has 0 aromatic carbocycles. The first-order chi connectivity index (χ1) is 9.81. The van der Waals surface area contributed by atoms with Gasteiger partial charge in [-0.05, 0) is 17.9 Å². The van der Waals surface area contributed by atoms with Gasteiger partial charge in [-0.2, -0.15) is 0 Å². The summed E-state index contributed by atoms with van der Waals surface area (Å²) >= 11 is 0. The van der Waals surface area contributed by atoms with E-state index in [4.69, 9.17) is 9.47 Å². The summed E-state index contributed by atoms with van der Waals surface area (Å²) in [4.78, 5) is 11.7. The van der Waals surface area contributed by atoms with E-state index in [1.54, 1.807) is 0 Å². The Hall–Kier alpha value is -1.17. The first kappa shape index (κ1) is 14.8. The minimum atomic E-state index is -1.00. The van der Waals surface area contributed by atoms with E-state index in [0.29, 0.717) is 24.0 Å². The highest BCUT2D eigenvalue weighted by Crippen LogP contribution is 2.54. The Labute approximate surface area is 124 Å². The van der Waals surface area contributed by atoms with Gasteiger partial charge in [-0.15, -0.1) is 0 Å². The van der Waals surface area contributed by atoms with E-state index in [-0.39, 0.29) is 17.9 Å². The number of carbonyl (C=O) groups is 1. The van der Waals surface area contributed by atoms with E-state index >= 15 is 0 Å². The predicted molar refractivity (Wildman–Crippen MR) is 75.1 cm³/mol. The molecule has 2 aliphatic heterocycles. The van der Waals surface area contributed by atoms with E-state index in [9.17, 15) is 15.0 Å². The molecule has 3 aliphatic rings. The molecule has 3 rings (SSSR count). The highest BCUT2D eigenvalue weighted by atomic mass is 16.7. The molecule has 2 N–H and O–H groups in total. The van der Waals surface area contributed by atoms with Crippen LogP contribution in [0.25, 0.3) is 0 Å². The molecule has 2 fully saturated rings. The molecule has 0 unspecified atom stereocenters. The number of rotatable bonds is 1. The zero-order chi connectivity index (χ0) is 15.4. The van der Waals surface area contributed by atoms with Crippen molar-refractivity contribution in [1.29, 1.82) is 0 Å². The molecule has 0 amide bonds. The van der Waals surface area contributed by atoms with Crippen LogP contribution in [0.4, 0.5) is 0 Å². The van der Waals surface area contributed by atoms with Crippen LogP contribution < -0.4 is 0 Å². The largest absolute Gasteiger partial charge is 0.429 e. The second-order valence-corrected chi connectivity index (χ2v) is 6.82. The third-order valence-corrected chi connectivity index (χ3v) is 5.44. The maximum atomic E-state index is 11.7. The Morgan fingerprint density at radius 3 is 2.81 bits per heavy atom. The Bertz CT molecular complexity index is 507. The van der Waals surface area contributed by atoms with E-state index in [1.165, 1.54) is 0 Å². The summed E-state index contributed by atoms with van der Waals surface area (Å²) in [6.07, 6.45) is 2.20. The third kappa shape index (κ3) is 2.06. The Kier molecular flexibility index (Phi) is 3.28. The fourth-order valence-corrected chi connectivity index (χ4v) is 3.81. The lowest BCUT2D eigenvalue weighted by atomic mass is 9.62. The van der Waals surface area contributed by atoms with E-state index in [1.807, 2.05) is 6.08 Å². The lowest BCUT2D eigenvalue weighted by molar-refractivity contribution is -0.308. The lowest BCUT2D eigenvalue weighted by Crippen LogP contribution is -2.59. The van der Waals surface area contributed by atoms with Crippen molar-refractivity contribution in [1.82, 2.24) is 0 Å². The SMILES string of the molecule is C=C1C[C@@]2(C[C@H](C)[C@@]3(C)CC=C(CO)[C@@H](O)[C@@H]3O2)OC1=O. The van der Waals surface area contributed by atoms with Crippen LogP contribution in [0.1, 0.15) is 33.1 Å². The molecule has 1 spiro atoms. The summed E-state index contributed by atoms with van der Waals surface area (Å²) in [5.41, 5.74) is 0.749. The van der Waals surface area contributed by atoms with Gasteiger partial charge in [-0.3, -0.25) is 0 Å². The van der Waals surface area contributed by atoms with Crippen LogP contribution in [0.2, 0.25) is 0 Å². The molecule has 1 aliphatic carbocycles. The van der Waals surface area contributed by atoms with E-state index in [2.05, 4.69) is 20.4 Å². The lowest BCUT2D eigenvalue weighted by Gasteiger charge is -2.54. The number of allylic oxidation sites excluding steroid dienone is 1. The van der Waals surface area contributed by atoms with Crippen molar-refractivity contribution in [3.63, 3.8) is 0 Å². The number of aliphatic hydroxyl groups is 2. The summed E-state index contributed by atoms with van der Waals surface area (Å²) in [5.74, 6) is -1.22. The number of hydrogen-bond donors (Lipinski definition) is 2. The summed E-state index contributed by atoms with van der Waals surface area (Å²) in [5, 5.41) is 19.9. The third-order valence-electron chi connectivity index (χ3n) is 5.44. The fraction of sp³-hybridized carbons (Fsp3) is 0.688. The topological polar surface area (TPSA) is 76.0 Å². The fourth-order valence-electron chi connectivity index (χ4n) is 3.81. The molecule has 21 heavy (non-hydrogen) atoms. The zero-order valence-electron chi connectivity index (χ0n) is 12.5. The van der Waals surface area contributed by atoms with Crippen molar-refractivity contribution in [2.75, 3.05) is 6.61 Å². The van der Waals surface area contributed by atoms with Gasteiger partial charge < -0.3 is 19.7 Å². The van der Waals surface area contributed by atoms with Crippen LogP contribution >= 0.6 is 0 Å². The van der Waals surface area contributed by atoms with Crippen LogP contribution in [-0.2, 0) is 14.3 Å². The van der Waals surface area contributed by atoms with Crippen LogP contribution in [0.3, 0.4) is 0 Å². The molecule has 0 bridgehead atoms. The van der Waals surface area contributed by atoms with Crippen LogP contribution in [0, 0.1) is 11.3 Å². The number of ether oxygens (including phenoxy) is 2. The van der Waals surface area contributed by atoms with E-state index in [0.717, 1.165) is 6.42 Å². The van der Waals surface area contributed by atoms with Gasteiger partial charge in [0.15, 0.2) is 0 Å². The smallest absolute Gasteiger partial charge is 0.336 e. The molecule has 2 heterocycles. The maximum Gasteiger partial charge on any atom is 0.336 e. The molecule has 0 radical (unpaired) electrons. The number of fused-ring (bicyclic) bond motifs is 1. The van der Waals surface area contributed by atoms with Crippen molar-refractivity contribution in [3.8, 4) is 0 Å². The number of hydrogen-bond acceptors (Lipinski definition) is 5. The summed E-state index contributed by atoms with van der Waals surface area (Å²) < 4.78 is 11.5. The Balaban J connectivity index is 1.94. The quantitative estimate of drug-likeness (QED) is 0.433. The van der Waals surface area contributed by atoms with Crippen LogP contribution in [0.5, 0.6) is 0 Å². The Morgan fingerprint density at radius 1 is 1.52 bits per heavy atom. The van der Waals surface area contributed by atoms with Gasteiger partial charge in [0.1, 0.15) is 6.10 Å². The summed E-state index contributed by atoms with van der Waals surface area (Å²) in [6, 6.07) is 0. The molecule has 116 valence electrons. The monoisotopic (exact) mass is 294 g/mol. The van der Waals surface area contributed by atoms with Gasteiger partial charge in [0.05, 0.1) is 12.7 Å². The highest BCUT2D eigenvalue weighted by molar-refractivity contribution is 5.90. The number of aliphatic hydroxyl groups excluding tert-OH is 2. The molecule has 0 saturated carbocycles. The summed E-state index contributed by atoms with van der Waals surface area (Å²) in [7, 11) is 0. The van der Waals surface area contributed by atoms with Crippen LogP contribution in [-0.4, -0.2) is 40.8 Å². The molecular weight excluding hydrogens is 272 g/mol. The highest BCUT2D eigenvalue weighted by Gasteiger charge is 2.59. The molecule has 5 atom stereocenters. The number of esters is 1. The molecular formula is C16H22O5. The average molecular weight is 294 g/mol. The van der Waals surface area contributed by atoms with Crippen molar-refractivity contribution in [2.45, 2.75) is 51.1 Å². The molecule has 5 nitrogen and oxygen atoms in total. The summed E-state index contributed by atoms with van der Waals surface area (Å²) in [6.45, 7) is 7.70. The van der Waals surface area contributed by atoms with Gasteiger partial charge >= 0.3 is 5.97 Å². The van der Waals surface area contributed by atoms with E-state index < -0.39 is 24.0 Å². The molecule has 2 saturated heterocycles. The van der Waals surface area contributed by atoms with Gasteiger partial charge in [0.25, 0.3) is 0 Å². The maximum absolute atomic E-state index is 11.7. The zero-order valence-corrected chi connectivity index (χ0v) is 12.5. The van der Waals surface area contributed by atoms with Crippen LogP contribution in [0.15, 0.2) is 23.8 Å². The standard InChI is InChI=1S/C16H22O5/c1-9-6-16(21-14(9)19)7-10(2)15(3)5-4-11(8-17)12(18)13(15)20-16/h4,10,12-13,17-18H,1,5-8H2,2-3H3/t10-,12+,13-,15+,16-/m0/s1. The van der Waals surface area contributed by atoms with Crippen molar-refractivity contribution >= 4 is 5.97 Å². The molecule has 0 aromatic heterocycles. The van der Waals surface area contributed by atoms with Gasteiger partial charge in [-0.1, -0.05) is 26.5 Å². The average Bonchev–Trinajstić information content (AvgIpc) is 2.68. The van der Waals surface area contributed by atoms with Gasteiger partial charge in [0, 0.05) is 23.8 Å². The first-order valence-electron chi connectivity index (χ1n) is 7.38.